The van der Waals surface area contributed by atoms with Crippen LogP contribution < -0.4 is 0 Å². The number of aromatic nitrogens is 6. The van der Waals surface area contributed by atoms with E-state index in [2.05, 4.69) is 20.5 Å². The van der Waals surface area contributed by atoms with E-state index in [1.54, 1.807) is 23.9 Å². The van der Waals surface area contributed by atoms with Crippen molar-refractivity contribution in [3.8, 4) is 0 Å². The lowest BCUT2D eigenvalue weighted by Crippen LogP contribution is -2.06. The Labute approximate surface area is 107 Å². The number of hydrogen-bond acceptors (Lipinski definition) is 5. The van der Waals surface area contributed by atoms with Crippen LogP contribution >= 0.6 is 0 Å². The van der Waals surface area contributed by atoms with Crippen LogP contribution in [0, 0.1) is 0 Å². The molecule has 0 saturated carbocycles. The van der Waals surface area contributed by atoms with Gasteiger partial charge in [0.2, 0.25) is 0 Å². The van der Waals surface area contributed by atoms with E-state index in [9.17, 15) is 4.79 Å². The predicted octanol–water partition coefficient (Wildman–Crippen LogP) is 0.306. The first-order valence-corrected chi connectivity index (χ1v) is 5.57. The van der Waals surface area contributed by atoms with Crippen LogP contribution in [0.5, 0.6) is 0 Å². The molecule has 0 spiro atoms. The van der Waals surface area contributed by atoms with Crippen LogP contribution in [0.3, 0.4) is 0 Å². The van der Waals surface area contributed by atoms with Crippen LogP contribution in [0.4, 0.5) is 0 Å². The Hall–Kier alpha value is -2.77. The van der Waals surface area contributed by atoms with Gasteiger partial charge in [-0.05, 0) is 11.3 Å². The average Bonchev–Trinajstić information content (AvgIpc) is 2.95. The minimum absolute atomic E-state index is 0.0273. The molecule has 0 fully saturated rings. The number of hydrogen-bond donors (Lipinski definition) is 1. The molecular weight excluding hydrogens is 248 g/mol. The van der Waals surface area contributed by atoms with Gasteiger partial charge in [-0.25, -0.2) is 4.79 Å². The lowest BCUT2D eigenvalue weighted by molar-refractivity contribution is 0.0691. The molecule has 3 aromatic rings. The first-order valence-electron chi connectivity index (χ1n) is 5.57. The van der Waals surface area contributed by atoms with E-state index < -0.39 is 5.97 Å². The zero-order valence-corrected chi connectivity index (χ0v) is 10.1. The smallest absolute Gasteiger partial charge is 0.357 e. The van der Waals surface area contributed by atoms with Crippen molar-refractivity contribution in [1.82, 2.24) is 30.0 Å². The number of para-hydroxylation sites is 1. The van der Waals surface area contributed by atoms with E-state index in [1.165, 1.54) is 4.80 Å². The van der Waals surface area contributed by atoms with Gasteiger partial charge in [-0.2, -0.15) is 9.90 Å². The monoisotopic (exact) mass is 258 g/mol. The van der Waals surface area contributed by atoms with Gasteiger partial charge in [0.1, 0.15) is 6.54 Å². The van der Waals surface area contributed by atoms with E-state index in [0.29, 0.717) is 11.2 Å². The Balaban J connectivity index is 2.11. The summed E-state index contributed by atoms with van der Waals surface area (Å²) >= 11 is 0. The summed E-state index contributed by atoms with van der Waals surface area (Å²) in [5, 5.41) is 25.5. The molecular formula is C11H10N6O2. The summed E-state index contributed by atoms with van der Waals surface area (Å²) in [6.45, 7) is 0.279. The topological polar surface area (TPSA) is 98.7 Å². The van der Waals surface area contributed by atoms with Gasteiger partial charge < -0.3 is 5.11 Å². The Kier molecular flexibility index (Phi) is 2.48. The van der Waals surface area contributed by atoms with Gasteiger partial charge in [-0.3, -0.25) is 4.68 Å². The van der Waals surface area contributed by atoms with E-state index in [1.807, 2.05) is 12.1 Å². The number of carboxylic acids is 1. The highest BCUT2D eigenvalue weighted by Crippen LogP contribution is 2.18. The van der Waals surface area contributed by atoms with Crippen molar-refractivity contribution in [2.45, 2.75) is 6.54 Å². The summed E-state index contributed by atoms with van der Waals surface area (Å²) in [6, 6.07) is 7.15. The van der Waals surface area contributed by atoms with Gasteiger partial charge in [0.15, 0.2) is 11.5 Å². The molecule has 0 unspecified atom stereocenters. The van der Waals surface area contributed by atoms with Crippen molar-refractivity contribution in [2.75, 3.05) is 0 Å². The molecule has 2 aromatic heterocycles. The molecule has 1 aromatic carbocycles. The fourth-order valence-corrected chi connectivity index (χ4v) is 1.93. The Morgan fingerprint density at radius 2 is 2.11 bits per heavy atom. The summed E-state index contributed by atoms with van der Waals surface area (Å²) in [4.78, 5) is 12.5. The number of rotatable bonds is 3. The minimum Gasteiger partial charge on any atom is -0.476 e. The largest absolute Gasteiger partial charge is 0.476 e. The molecule has 0 aliphatic rings. The van der Waals surface area contributed by atoms with Gasteiger partial charge in [-0.1, -0.05) is 18.2 Å². The first kappa shape index (κ1) is 11.3. The maximum absolute atomic E-state index is 11.2. The molecule has 0 aliphatic heterocycles. The molecule has 0 saturated heterocycles. The SMILES string of the molecule is Cn1nnc(Cn2nc(C(=O)O)c3ccccc32)n1. The zero-order valence-electron chi connectivity index (χ0n) is 10.1. The molecule has 19 heavy (non-hydrogen) atoms. The van der Waals surface area contributed by atoms with Crippen LogP contribution in [0.1, 0.15) is 16.3 Å². The van der Waals surface area contributed by atoms with Crippen LogP contribution in [-0.2, 0) is 13.6 Å². The minimum atomic E-state index is -1.05. The molecule has 2 heterocycles. The second kappa shape index (κ2) is 4.16. The highest BCUT2D eigenvalue weighted by molar-refractivity contribution is 6.01. The number of nitrogens with zero attached hydrogens (tertiary/aromatic N) is 6. The van der Waals surface area contributed by atoms with E-state index in [0.717, 1.165) is 5.52 Å². The van der Waals surface area contributed by atoms with Crippen molar-refractivity contribution >= 4 is 16.9 Å². The summed E-state index contributed by atoms with van der Waals surface area (Å²) in [7, 11) is 1.67. The van der Waals surface area contributed by atoms with Crippen molar-refractivity contribution in [3.05, 3.63) is 35.8 Å². The van der Waals surface area contributed by atoms with Gasteiger partial charge in [-0.15, -0.1) is 10.2 Å². The number of carbonyl (C=O) groups is 1. The summed E-state index contributed by atoms with van der Waals surface area (Å²) in [5.74, 6) is -0.574. The maximum Gasteiger partial charge on any atom is 0.357 e. The third-order valence-electron chi connectivity index (χ3n) is 2.70. The highest BCUT2D eigenvalue weighted by atomic mass is 16.4. The number of tetrazole rings is 1. The molecule has 8 nitrogen and oxygen atoms in total. The van der Waals surface area contributed by atoms with E-state index >= 15 is 0 Å². The quantitative estimate of drug-likeness (QED) is 0.725. The van der Waals surface area contributed by atoms with Crippen molar-refractivity contribution < 1.29 is 9.90 Å². The van der Waals surface area contributed by atoms with E-state index in [4.69, 9.17) is 5.11 Å². The van der Waals surface area contributed by atoms with Gasteiger partial charge in [0.25, 0.3) is 0 Å². The lowest BCUT2D eigenvalue weighted by atomic mass is 10.2. The number of fused-ring (bicyclic) bond motifs is 1. The van der Waals surface area contributed by atoms with E-state index in [-0.39, 0.29) is 12.2 Å². The second-order valence-electron chi connectivity index (χ2n) is 4.02. The van der Waals surface area contributed by atoms with Crippen LogP contribution in [0.15, 0.2) is 24.3 Å². The van der Waals surface area contributed by atoms with Crippen LogP contribution in [0.25, 0.3) is 10.9 Å². The van der Waals surface area contributed by atoms with Gasteiger partial charge in [0, 0.05) is 5.39 Å². The normalized spacial score (nSPS) is 11.0. The summed E-state index contributed by atoms with van der Waals surface area (Å²) < 4.78 is 1.57. The molecule has 8 heteroatoms. The fraction of sp³-hybridized carbons (Fsp3) is 0.182. The molecule has 0 aliphatic carbocycles. The Bertz CT molecular complexity index is 759. The van der Waals surface area contributed by atoms with Gasteiger partial charge >= 0.3 is 5.97 Å². The van der Waals surface area contributed by atoms with Crippen molar-refractivity contribution in [1.29, 1.82) is 0 Å². The Morgan fingerprint density at radius 3 is 2.79 bits per heavy atom. The molecule has 1 N–H and O–H groups in total. The highest BCUT2D eigenvalue weighted by Gasteiger charge is 2.16. The lowest BCUT2D eigenvalue weighted by Gasteiger charge is -1.98. The third kappa shape index (κ3) is 1.92. The number of aromatic carboxylic acids is 1. The summed E-state index contributed by atoms with van der Waals surface area (Å²) in [6.07, 6.45) is 0. The Morgan fingerprint density at radius 1 is 1.32 bits per heavy atom. The first-order chi connectivity index (χ1) is 9.15. The van der Waals surface area contributed by atoms with Crippen LogP contribution in [0.2, 0.25) is 0 Å². The number of carboxylic acid groups (broad SMARTS) is 1. The maximum atomic E-state index is 11.2. The standard InChI is InChI=1S/C11H10N6O2/c1-16-13-9(12-15-16)6-17-8-5-3-2-4-7(8)10(14-17)11(18)19/h2-5H,6H2,1H3,(H,18,19). The molecule has 0 bridgehead atoms. The summed E-state index contributed by atoms with van der Waals surface area (Å²) in [5.41, 5.74) is 0.756. The van der Waals surface area contributed by atoms with Crippen molar-refractivity contribution in [3.63, 3.8) is 0 Å². The van der Waals surface area contributed by atoms with Crippen molar-refractivity contribution in [2.24, 2.45) is 7.05 Å². The van der Waals surface area contributed by atoms with Gasteiger partial charge in [0.05, 0.1) is 12.6 Å². The molecule has 0 atom stereocenters. The molecule has 96 valence electrons. The number of aryl methyl sites for hydroxylation is 1. The molecule has 3 rings (SSSR count). The fourth-order valence-electron chi connectivity index (χ4n) is 1.93. The third-order valence-corrected chi connectivity index (χ3v) is 2.70. The molecule has 0 radical (unpaired) electrons. The second-order valence-corrected chi connectivity index (χ2v) is 4.02. The number of benzene rings is 1. The molecule has 0 amide bonds. The van der Waals surface area contributed by atoms with Crippen LogP contribution in [-0.4, -0.2) is 41.1 Å². The average molecular weight is 258 g/mol. The zero-order chi connectivity index (χ0) is 13.4. The predicted molar refractivity (Wildman–Crippen MR) is 64.6 cm³/mol.